The second-order valence-corrected chi connectivity index (χ2v) is 8.96. The topological polar surface area (TPSA) is 90.0 Å². The lowest BCUT2D eigenvalue weighted by Gasteiger charge is -2.23. The SMILES string of the molecule is CC(C)c1ccc(OCC(=O)OCC(=O)N(C)[C@@H]2CCS(=O)(=O)C2)cc1. The summed E-state index contributed by atoms with van der Waals surface area (Å²) in [4.78, 5) is 25.1. The van der Waals surface area contributed by atoms with Gasteiger partial charge in [-0.25, -0.2) is 13.2 Å². The number of sulfone groups is 1. The van der Waals surface area contributed by atoms with Gasteiger partial charge in [-0.05, 0) is 30.0 Å². The third-order valence-electron chi connectivity index (χ3n) is 4.41. The summed E-state index contributed by atoms with van der Waals surface area (Å²) in [5, 5.41) is 0. The van der Waals surface area contributed by atoms with Gasteiger partial charge in [-0.2, -0.15) is 0 Å². The Labute approximate surface area is 154 Å². The number of rotatable bonds is 7. The van der Waals surface area contributed by atoms with Gasteiger partial charge in [0.2, 0.25) is 0 Å². The van der Waals surface area contributed by atoms with Crippen molar-refractivity contribution in [2.45, 2.75) is 32.2 Å². The van der Waals surface area contributed by atoms with Crippen LogP contribution in [0, 0.1) is 0 Å². The maximum atomic E-state index is 12.0. The monoisotopic (exact) mass is 383 g/mol. The molecule has 0 saturated carbocycles. The molecule has 1 fully saturated rings. The fraction of sp³-hybridized carbons (Fsp3) is 0.556. The molecule has 1 aliphatic heterocycles. The van der Waals surface area contributed by atoms with Gasteiger partial charge in [0.1, 0.15) is 5.75 Å². The number of ether oxygens (including phenoxy) is 2. The molecule has 144 valence electrons. The first kappa shape index (κ1) is 20.2. The predicted molar refractivity (Wildman–Crippen MR) is 96.8 cm³/mol. The van der Waals surface area contributed by atoms with Crippen LogP contribution in [-0.4, -0.2) is 63.0 Å². The molecule has 7 nitrogen and oxygen atoms in total. The van der Waals surface area contributed by atoms with Crippen molar-refractivity contribution in [2.75, 3.05) is 31.8 Å². The van der Waals surface area contributed by atoms with Crippen molar-refractivity contribution in [3.8, 4) is 5.75 Å². The van der Waals surface area contributed by atoms with Crippen LogP contribution in [0.15, 0.2) is 24.3 Å². The molecule has 26 heavy (non-hydrogen) atoms. The van der Waals surface area contributed by atoms with Crippen LogP contribution in [0.1, 0.15) is 31.7 Å². The van der Waals surface area contributed by atoms with E-state index < -0.39 is 28.3 Å². The summed E-state index contributed by atoms with van der Waals surface area (Å²) in [6, 6.07) is 7.06. The first-order chi connectivity index (χ1) is 12.2. The van der Waals surface area contributed by atoms with Gasteiger partial charge in [0.15, 0.2) is 23.1 Å². The Hall–Kier alpha value is -2.09. The zero-order valence-corrected chi connectivity index (χ0v) is 16.1. The van der Waals surface area contributed by atoms with Crippen molar-refractivity contribution in [3.63, 3.8) is 0 Å². The van der Waals surface area contributed by atoms with Gasteiger partial charge in [0, 0.05) is 13.1 Å². The van der Waals surface area contributed by atoms with Crippen LogP contribution in [0.25, 0.3) is 0 Å². The molecule has 0 unspecified atom stereocenters. The highest BCUT2D eigenvalue weighted by Gasteiger charge is 2.32. The van der Waals surface area contributed by atoms with Crippen molar-refractivity contribution in [3.05, 3.63) is 29.8 Å². The first-order valence-electron chi connectivity index (χ1n) is 8.52. The van der Waals surface area contributed by atoms with Gasteiger partial charge in [0.05, 0.1) is 11.5 Å². The number of likely N-dealkylation sites (N-methyl/N-ethyl adjacent to an activating group) is 1. The highest BCUT2D eigenvalue weighted by molar-refractivity contribution is 7.91. The van der Waals surface area contributed by atoms with Crippen molar-refractivity contribution in [1.29, 1.82) is 0 Å². The third-order valence-corrected chi connectivity index (χ3v) is 6.16. The van der Waals surface area contributed by atoms with Crippen LogP contribution in [0.2, 0.25) is 0 Å². The minimum absolute atomic E-state index is 0.0430. The molecule has 8 heteroatoms. The Kier molecular flexibility index (Phi) is 6.63. The lowest BCUT2D eigenvalue weighted by molar-refractivity contribution is -0.153. The molecule has 1 heterocycles. The number of benzene rings is 1. The summed E-state index contributed by atoms with van der Waals surface area (Å²) in [6.45, 7) is 3.45. The normalized spacial score (nSPS) is 18.5. The molecule has 0 aliphatic carbocycles. The Morgan fingerprint density at radius 3 is 2.38 bits per heavy atom. The molecule has 1 aromatic rings. The third kappa shape index (κ3) is 5.72. The van der Waals surface area contributed by atoms with E-state index in [1.165, 1.54) is 17.5 Å². The average molecular weight is 383 g/mol. The lowest BCUT2D eigenvalue weighted by atomic mass is 10.0. The summed E-state index contributed by atoms with van der Waals surface area (Å²) < 4.78 is 33.2. The summed E-state index contributed by atoms with van der Waals surface area (Å²) in [5.74, 6) is -0.0877. The molecule has 0 aromatic heterocycles. The number of nitrogens with zero attached hydrogens (tertiary/aromatic N) is 1. The summed E-state index contributed by atoms with van der Waals surface area (Å²) >= 11 is 0. The maximum Gasteiger partial charge on any atom is 0.344 e. The molecule has 0 bridgehead atoms. The number of esters is 1. The van der Waals surface area contributed by atoms with E-state index in [1.807, 2.05) is 12.1 Å². The largest absolute Gasteiger partial charge is 0.482 e. The van der Waals surface area contributed by atoms with E-state index >= 15 is 0 Å². The minimum atomic E-state index is -3.07. The molecule has 1 saturated heterocycles. The molecule has 1 atom stereocenters. The molecule has 0 N–H and O–H groups in total. The van der Waals surface area contributed by atoms with Crippen LogP contribution >= 0.6 is 0 Å². The van der Waals surface area contributed by atoms with E-state index in [4.69, 9.17) is 9.47 Å². The number of amides is 1. The second-order valence-electron chi connectivity index (χ2n) is 6.73. The Bertz CT molecular complexity index is 741. The standard InChI is InChI=1S/C18H25NO6S/c1-13(2)14-4-6-16(7-5-14)24-11-18(21)25-10-17(20)19(3)15-8-9-26(22,23)12-15/h4-7,13,15H,8-12H2,1-3H3/t15-/m1/s1. The molecule has 1 aliphatic rings. The van der Waals surface area contributed by atoms with Gasteiger partial charge >= 0.3 is 5.97 Å². The lowest BCUT2D eigenvalue weighted by Crippen LogP contribution is -2.40. The molecular weight excluding hydrogens is 358 g/mol. The Morgan fingerprint density at radius 1 is 1.19 bits per heavy atom. The van der Waals surface area contributed by atoms with Crippen molar-refractivity contribution >= 4 is 21.7 Å². The number of carbonyl (C=O) groups is 2. The Balaban J connectivity index is 1.73. The summed E-state index contributed by atoms with van der Waals surface area (Å²) in [6.07, 6.45) is 0.411. The predicted octanol–water partition coefficient (Wildman–Crippen LogP) is 1.38. The zero-order chi connectivity index (χ0) is 19.3. The average Bonchev–Trinajstić information content (AvgIpc) is 2.97. The highest BCUT2D eigenvalue weighted by atomic mass is 32.2. The zero-order valence-electron chi connectivity index (χ0n) is 15.3. The fourth-order valence-corrected chi connectivity index (χ4v) is 4.44. The molecular formula is C18H25NO6S. The molecule has 2 rings (SSSR count). The Morgan fingerprint density at radius 2 is 1.85 bits per heavy atom. The van der Waals surface area contributed by atoms with Gasteiger partial charge in [-0.1, -0.05) is 26.0 Å². The van der Waals surface area contributed by atoms with E-state index in [2.05, 4.69) is 13.8 Å². The van der Waals surface area contributed by atoms with E-state index in [0.29, 0.717) is 18.1 Å². The van der Waals surface area contributed by atoms with Crippen molar-refractivity contribution < 1.29 is 27.5 Å². The smallest absolute Gasteiger partial charge is 0.344 e. The maximum absolute atomic E-state index is 12.0. The number of carbonyl (C=O) groups excluding carboxylic acids is 2. The molecule has 1 aromatic carbocycles. The summed E-state index contributed by atoms with van der Waals surface area (Å²) in [7, 11) is -1.55. The van der Waals surface area contributed by atoms with E-state index in [-0.39, 0.29) is 24.2 Å². The number of hydrogen-bond acceptors (Lipinski definition) is 6. The van der Waals surface area contributed by atoms with Gasteiger partial charge < -0.3 is 14.4 Å². The van der Waals surface area contributed by atoms with E-state index in [1.54, 1.807) is 12.1 Å². The van der Waals surface area contributed by atoms with Crippen LogP contribution < -0.4 is 4.74 Å². The molecule has 0 radical (unpaired) electrons. The van der Waals surface area contributed by atoms with Crippen LogP contribution in [0.4, 0.5) is 0 Å². The molecule has 1 amide bonds. The van der Waals surface area contributed by atoms with Gasteiger partial charge in [-0.15, -0.1) is 0 Å². The first-order valence-corrected chi connectivity index (χ1v) is 10.3. The molecule has 0 spiro atoms. The number of hydrogen-bond donors (Lipinski definition) is 0. The van der Waals surface area contributed by atoms with E-state index in [9.17, 15) is 18.0 Å². The highest BCUT2D eigenvalue weighted by Crippen LogP contribution is 2.19. The van der Waals surface area contributed by atoms with Crippen LogP contribution in [0.5, 0.6) is 5.75 Å². The van der Waals surface area contributed by atoms with Gasteiger partial charge in [-0.3, -0.25) is 4.79 Å². The van der Waals surface area contributed by atoms with Gasteiger partial charge in [0.25, 0.3) is 5.91 Å². The van der Waals surface area contributed by atoms with Crippen LogP contribution in [-0.2, 0) is 24.2 Å². The van der Waals surface area contributed by atoms with Crippen molar-refractivity contribution in [2.24, 2.45) is 0 Å². The summed E-state index contributed by atoms with van der Waals surface area (Å²) in [5.41, 5.74) is 1.17. The quantitative estimate of drug-likeness (QED) is 0.661. The van der Waals surface area contributed by atoms with E-state index in [0.717, 1.165) is 0 Å². The second kappa shape index (κ2) is 8.53. The van der Waals surface area contributed by atoms with Crippen molar-refractivity contribution in [1.82, 2.24) is 4.90 Å². The van der Waals surface area contributed by atoms with Crippen LogP contribution in [0.3, 0.4) is 0 Å². The fourth-order valence-electron chi connectivity index (χ4n) is 2.66. The minimum Gasteiger partial charge on any atom is -0.482 e.